The van der Waals surface area contributed by atoms with Crippen molar-refractivity contribution in [3.63, 3.8) is 0 Å². The zero-order chi connectivity index (χ0) is 14.0. The molecule has 0 bridgehead atoms. The average Bonchev–Trinajstić information content (AvgIpc) is 2.34. The fourth-order valence-electron chi connectivity index (χ4n) is 1.53. The van der Waals surface area contributed by atoms with E-state index in [2.05, 4.69) is 5.32 Å². The van der Waals surface area contributed by atoms with Crippen LogP contribution >= 0.6 is 11.6 Å². The first-order chi connectivity index (χ1) is 9.00. The number of halogens is 3. The van der Waals surface area contributed by atoms with E-state index in [9.17, 15) is 18.7 Å². The number of amides is 1. The van der Waals surface area contributed by atoms with Gasteiger partial charge >= 0.3 is 0 Å². The second kappa shape index (κ2) is 5.24. The van der Waals surface area contributed by atoms with Gasteiger partial charge in [0.1, 0.15) is 22.9 Å². The van der Waals surface area contributed by atoms with Crippen molar-refractivity contribution in [3.05, 3.63) is 58.6 Å². The number of hydrogen-bond acceptors (Lipinski definition) is 2. The zero-order valence-corrected chi connectivity index (χ0v) is 10.2. The van der Waals surface area contributed by atoms with Gasteiger partial charge in [-0.25, -0.2) is 8.78 Å². The summed E-state index contributed by atoms with van der Waals surface area (Å²) in [5.41, 5.74) is -0.835. The van der Waals surface area contributed by atoms with Crippen LogP contribution in [0.3, 0.4) is 0 Å². The van der Waals surface area contributed by atoms with Crippen LogP contribution in [0.1, 0.15) is 10.4 Å². The van der Waals surface area contributed by atoms with E-state index in [4.69, 9.17) is 11.6 Å². The van der Waals surface area contributed by atoms with Crippen molar-refractivity contribution in [2.45, 2.75) is 0 Å². The van der Waals surface area contributed by atoms with Crippen molar-refractivity contribution in [1.29, 1.82) is 0 Å². The summed E-state index contributed by atoms with van der Waals surface area (Å²) in [5.74, 6) is -3.19. The number of phenolic OH excluding ortho intramolecular Hbond substituents is 1. The van der Waals surface area contributed by atoms with Gasteiger partial charge in [0.2, 0.25) is 0 Å². The van der Waals surface area contributed by atoms with Gasteiger partial charge < -0.3 is 10.4 Å². The highest BCUT2D eigenvalue weighted by Gasteiger charge is 2.19. The summed E-state index contributed by atoms with van der Waals surface area (Å²) in [6.07, 6.45) is 0. The number of rotatable bonds is 2. The van der Waals surface area contributed by atoms with Gasteiger partial charge in [-0.1, -0.05) is 23.7 Å². The van der Waals surface area contributed by atoms with Crippen molar-refractivity contribution in [2.75, 3.05) is 5.32 Å². The number of carbonyl (C=O) groups excluding carboxylic acids is 1. The Balaban J connectivity index is 2.37. The number of nitrogens with one attached hydrogen (secondary N) is 1. The molecule has 0 unspecified atom stereocenters. The minimum Gasteiger partial charge on any atom is -0.507 e. The summed E-state index contributed by atoms with van der Waals surface area (Å²) in [4.78, 5) is 11.8. The predicted octanol–water partition coefficient (Wildman–Crippen LogP) is 3.58. The molecule has 2 aromatic carbocycles. The van der Waals surface area contributed by atoms with E-state index in [1.807, 2.05) is 0 Å². The minimum absolute atomic E-state index is 0.0239. The van der Waals surface area contributed by atoms with Crippen molar-refractivity contribution >= 4 is 23.2 Å². The molecule has 0 fully saturated rings. The summed E-state index contributed by atoms with van der Waals surface area (Å²) in [7, 11) is 0. The second-order valence-corrected chi connectivity index (χ2v) is 4.09. The topological polar surface area (TPSA) is 49.3 Å². The Hall–Kier alpha value is -2.14. The fourth-order valence-corrected chi connectivity index (χ4v) is 1.74. The largest absolute Gasteiger partial charge is 0.507 e. The highest BCUT2D eigenvalue weighted by Crippen LogP contribution is 2.27. The first kappa shape index (κ1) is 13.3. The SMILES string of the molecule is O=C(Nc1c(F)cccc1Cl)c1c(O)cccc1F. The molecule has 2 rings (SSSR count). The lowest BCUT2D eigenvalue weighted by Crippen LogP contribution is -2.15. The first-order valence-corrected chi connectivity index (χ1v) is 5.61. The maximum Gasteiger partial charge on any atom is 0.262 e. The molecule has 0 aliphatic carbocycles. The third-order valence-corrected chi connectivity index (χ3v) is 2.73. The van der Waals surface area contributed by atoms with Crippen LogP contribution in [-0.2, 0) is 0 Å². The number of benzene rings is 2. The molecule has 0 spiro atoms. The maximum atomic E-state index is 13.5. The van der Waals surface area contributed by atoms with Crippen LogP contribution in [0.5, 0.6) is 5.75 Å². The van der Waals surface area contributed by atoms with Crippen molar-refractivity contribution in [3.8, 4) is 5.75 Å². The molecule has 6 heteroatoms. The molecule has 1 amide bonds. The Morgan fingerprint density at radius 1 is 1.11 bits per heavy atom. The van der Waals surface area contributed by atoms with Gasteiger partial charge in [-0.2, -0.15) is 0 Å². The maximum absolute atomic E-state index is 13.5. The predicted molar refractivity (Wildman–Crippen MR) is 67.4 cm³/mol. The summed E-state index contributed by atoms with van der Waals surface area (Å²) in [6.45, 7) is 0. The zero-order valence-electron chi connectivity index (χ0n) is 9.45. The van der Waals surface area contributed by atoms with E-state index >= 15 is 0 Å². The van der Waals surface area contributed by atoms with Crippen LogP contribution in [0.4, 0.5) is 14.5 Å². The van der Waals surface area contributed by atoms with Gasteiger partial charge in [0.25, 0.3) is 5.91 Å². The Morgan fingerprint density at radius 2 is 1.74 bits per heavy atom. The summed E-state index contributed by atoms with van der Waals surface area (Å²) < 4.78 is 26.9. The van der Waals surface area contributed by atoms with Crippen LogP contribution in [0, 0.1) is 11.6 Å². The Morgan fingerprint density at radius 3 is 2.37 bits per heavy atom. The molecule has 0 aromatic heterocycles. The standard InChI is InChI=1S/C13H8ClF2NO2/c14-7-3-1-5-9(16)12(7)17-13(19)11-8(15)4-2-6-10(11)18/h1-6,18H,(H,17,19). The van der Waals surface area contributed by atoms with Crippen LogP contribution in [-0.4, -0.2) is 11.0 Å². The highest BCUT2D eigenvalue weighted by atomic mass is 35.5. The monoisotopic (exact) mass is 283 g/mol. The van der Waals surface area contributed by atoms with Gasteiger partial charge in [0.15, 0.2) is 0 Å². The van der Waals surface area contributed by atoms with Gasteiger partial charge in [-0.05, 0) is 24.3 Å². The molecule has 0 saturated carbocycles. The van der Waals surface area contributed by atoms with E-state index in [0.717, 1.165) is 18.2 Å². The van der Waals surface area contributed by atoms with E-state index in [1.54, 1.807) is 0 Å². The molecular formula is C13H8ClF2NO2. The van der Waals surface area contributed by atoms with E-state index in [-0.39, 0.29) is 10.7 Å². The Labute approximate surface area is 112 Å². The molecule has 0 saturated heterocycles. The minimum atomic E-state index is -0.984. The Kier molecular flexibility index (Phi) is 3.66. The van der Waals surface area contributed by atoms with Gasteiger partial charge in [0, 0.05) is 0 Å². The summed E-state index contributed by atoms with van der Waals surface area (Å²) in [6, 6.07) is 7.26. The first-order valence-electron chi connectivity index (χ1n) is 5.23. The number of carbonyl (C=O) groups is 1. The van der Waals surface area contributed by atoms with Crippen molar-refractivity contribution in [1.82, 2.24) is 0 Å². The Bertz CT molecular complexity index is 606. The smallest absolute Gasteiger partial charge is 0.262 e. The van der Waals surface area contributed by atoms with E-state index in [1.165, 1.54) is 18.2 Å². The lowest BCUT2D eigenvalue weighted by atomic mass is 10.1. The van der Waals surface area contributed by atoms with Gasteiger partial charge in [0.05, 0.1) is 10.7 Å². The quantitative estimate of drug-likeness (QED) is 0.885. The molecule has 0 heterocycles. The molecule has 2 aromatic rings. The van der Waals surface area contributed by atoms with E-state index < -0.39 is 28.9 Å². The number of para-hydroxylation sites is 1. The average molecular weight is 284 g/mol. The summed E-state index contributed by atoms with van der Waals surface area (Å²) in [5, 5.41) is 11.6. The number of aromatic hydroxyl groups is 1. The number of anilines is 1. The van der Waals surface area contributed by atoms with Crippen LogP contribution in [0.25, 0.3) is 0 Å². The van der Waals surface area contributed by atoms with Gasteiger partial charge in [-0.3, -0.25) is 4.79 Å². The molecule has 2 N–H and O–H groups in total. The van der Waals surface area contributed by atoms with Crippen LogP contribution in [0.2, 0.25) is 5.02 Å². The molecule has 0 atom stereocenters. The molecule has 98 valence electrons. The second-order valence-electron chi connectivity index (χ2n) is 3.68. The molecule has 3 nitrogen and oxygen atoms in total. The van der Waals surface area contributed by atoms with Crippen LogP contribution in [0.15, 0.2) is 36.4 Å². The molecule has 0 aliphatic heterocycles. The van der Waals surface area contributed by atoms with Crippen molar-refractivity contribution in [2.24, 2.45) is 0 Å². The van der Waals surface area contributed by atoms with E-state index in [0.29, 0.717) is 0 Å². The fraction of sp³-hybridized carbons (Fsp3) is 0. The highest BCUT2D eigenvalue weighted by molar-refractivity contribution is 6.34. The number of hydrogen-bond donors (Lipinski definition) is 2. The third kappa shape index (κ3) is 2.66. The van der Waals surface area contributed by atoms with Crippen LogP contribution < -0.4 is 5.32 Å². The van der Waals surface area contributed by atoms with Crippen molar-refractivity contribution < 1.29 is 18.7 Å². The third-order valence-electron chi connectivity index (χ3n) is 2.42. The molecule has 0 aliphatic rings. The number of phenols is 1. The molecular weight excluding hydrogens is 276 g/mol. The normalized spacial score (nSPS) is 10.3. The lowest BCUT2D eigenvalue weighted by Gasteiger charge is -2.09. The van der Waals surface area contributed by atoms with Gasteiger partial charge in [-0.15, -0.1) is 0 Å². The summed E-state index contributed by atoms with van der Waals surface area (Å²) >= 11 is 5.73. The molecule has 19 heavy (non-hydrogen) atoms. The lowest BCUT2D eigenvalue weighted by molar-refractivity contribution is 0.102. The molecule has 0 radical (unpaired) electrons.